The number of hydrogen-bond acceptors (Lipinski definition) is 5. The van der Waals surface area contributed by atoms with Crippen LogP contribution in [0, 0.1) is 28.1 Å². The number of rotatable bonds is 8. The summed E-state index contributed by atoms with van der Waals surface area (Å²) in [6.45, 7) is 3.74. The molecule has 8 nitrogen and oxygen atoms in total. The van der Waals surface area contributed by atoms with E-state index in [1.807, 2.05) is 44.2 Å². The van der Waals surface area contributed by atoms with Crippen molar-refractivity contribution >= 4 is 32.6 Å². The number of benzene rings is 1. The van der Waals surface area contributed by atoms with Gasteiger partial charge in [0.05, 0.1) is 11.8 Å². The summed E-state index contributed by atoms with van der Waals surface area (Å²) >= 11 is 0. The average molecular weight is 457 g/mol. The van der Waals surface area contributed by atoms with Crippen LogP contribution in [-0.4, -0.2) is 43.4 Å². The van der Waals surface area contributed by atoms with Crippen molar-refractivity contribution < 1.29 is 18.0 Å². The molecule has 0 saturated heterocycles. The van der Waals surface area contributed by atoms with E-state index in [1.165, 1.54) is 0 Å². The minimum absolute atomic E-state index is 0.00577. The molecular formula is C23H28N4O4S. The summed E-state index contributed by atoms with van der Waals surface area (Å²) in [5, 5.41) is 12.2. The molecule has 2 aliphatic rings. The second-order valence-electron chi connectivity index (χ2n) is 9.54. The number of aromatic nitrogens is 1. The van der Waals surface area contributed by atoms with Crippen LogP contribution >= 0.6 is 0 Å². The Kier molecular flexibility index (Phi) is 5.63. The first kappa shape index (κ1) is 22.5. The van der Waals surface area contributed by atoms with Crippen LogP contribution < -0.4 is 10.0 Å². The van der Waals surface area contributed by atoms with Crippen LogP contribution in [0.1, 0.15) is 38.7 Å². The molecule has 32 heavy (non-hydrogen) atoms. The highest BCUT2D eigenvalue weighted by Crippen LogP contribution is 2.64. The van der Waals surface area contributed by atoms with Crippen LogP contribution in [0.3, 0.4) is 0 Å². The van der Waals surface area contributed by atoms with Crippen molar-refractivity contribution in [2.24, 2.45) is 16.7 Å². The van der Waals surface area contributed by atoms with Gasteiger partial charge in [0.15, 0.2) is 0 Å². The third-order valence-electron chi connectivity index (χ3n) is 7.65. The Morgan fingerprint density at radius 1 is 1.34 bits per heavy atom. The molecule has 1 aromatic heterocycles. The van der Waals surface area contributed by atoms with Crippen LogP contribution in [0.5, 0.6) is 0 Å². The van der Waals surface area contributed by atoms with Crippen molar-refractivity contribution in [2.45, 2.75) is 45.6 Å². The van der Waals surface area contributed by atoms with Crippen molar-refractivity contribution in [3.05, 3.63) is 36.0 Å². The van der Waals surface area contributed by atoms with Gasteiger partial charge in [-0.1, -0.05) is 32.0 Å². The summed E-state index contributed by atoms with van der Waals surface area (Å²) in [6, 6.07) is 8.30. The molecular weight excluding hydrogens is 428 g/mol. The molecule has 170 valence electrons. The number of para-hydroxylation sites is 1. The maximum absolute atomic E-state index is 13.3. The zero-order chi connectivity index (χ0) is 23.1. The first-order chi connectivity index (χ1) is 15.1. The number of amides is 1. The highest BCUT2D eigenvalue weighted by Gasteiger charge is 2.65. The zero-order valence-corrected chi connectivity index (χ0v) is 19.1. The lowest BCUT2D eigenvalue weighted by Crippen LogP contribution is -2.52. The van der Waals surface area contributed by atoms with Crippen molar-refractivity contribution in [1.29, 1.82) is 5.26 Å². The third-order valence-corrected chi connectivity index (χ3v) is 9.17. The third kappa shape index (κ3) is 3.71. The molecule has 3 N–H and O–H groups in total. The summed E-state index contributed by atoms with van der Waals surface area (Å²) in [4.78, 5) is 28.7. The molecule has 3 unspecified atom stereocenters. The molecule has 1 aromatic carbocycles. The van der Waals surface area contributed by atoms with Gasteiger partial charge in [-0.3, -0.25) is 9.59 Å². The van der Waals surface area contributed by atoms with Crippen molar-refractivity contribution in [3.63, 3.8) is 0 Å². The van der Waals surface area contributed by atoms with E-state index in [0.717, 1.165) is 22.9 Å². The Balaban J connectivity index is 1.59. The zero-order valence-electron chi connectivity index (χ0n) is 18.3. The second-order valence-corrected chi connectivity index (χ2v) is 11.3. The van der Waals surface area contributed by atoms with Gasteiger partial charge >= 0.3 is 0 Å². The number of carbonyl (C=O) groups is 2. The molecule has 9 heteroatoms. The fraction of sp³-hybridized carbons (Fsp3) is 0.522. The monoisotopic (exact) mass is 456 g/mol. The lowest BCUT2D eigenvalue weighted by Gasteiger charge is -2.36. The van der Waals surface area contributed by atoms with Gasteiger partial charge in [0, 0.05) is 28.9 Å². The summed E-state index contributed by atoms with van der Waals surface area (Å²) in [7, 11) is -3.96. The standard InChI is InChI=1S/C23H28N4O4S/c1-22(2)16-7-8-23(22,20(28)12-16)14-32(30,31)27-19(21(29)25-10-9-24)11-15-13-26-18-6-4-3-5-17(15)18/h3-6,13,16,19,26-27H,7-8,10-12,14H2,1-2H3,(H,25,29). The SMILES string of the molecule is CC1(C)C2CCC1(CS(=O)(=O)NC(Cc1c[nH]c3ccccc13)C(=O)NCC#N)C(=O)C2. The number of fused-ring (bicyclic) bond motifs is 3. The summed E-state index contributed by atoms with van der Waals surface area (Å²) < 4.78 is 29.1. The predicted molar refractivity (Wildman–Crippen MR) is 120 cm³/mol. The number of nitriles is 1. The van der Waals surface area contributed by atoms with Crippen LogP contribution in [0.25, 0.3) is 10.9 Å². The molecule has 0 spiro atoms. The van der Waals surface area contributed by atoms with E-state index < -0.39 is 32.8 Å². The molecule has 3 atom stereocenters. The molecule has 0 radical (unpaired) electrons. The molecule has 2 saturated carbocycles. The summed E-state index contributed by atoms with van der Waals surface area (Å²) in [5.74, 6) is -0.685. The Morgan fingerprint density at radius 3 is 2.75 bits per heavy atom. The van der Waals surface area contributed by atoms with Crippen molar-refractivity contribution in [2.75, 3.05) is 12.3 Å². The number of aromatic amines is 1. The smallest absolute Gasteiger partial charge is 0.239 e. The number of hydrogen-bond donors (Lipinski definition) is 3. The number of sulfonamides is 1. The van der Waals surface area contributed by atoms with Gasteiger partial charge in [-0.2, -0.15) is 5.26 Å². The van der Waals surface area contributed by atoms with Gasteiger partial charge < -0.3 is 10.3 Å². The lowest BCUT2D eigenvalue weighted by atomic mass is 9.70. The Hall–Kier alpha value is -2.70. The predicted octanol–water partition coefficient (Wildman–Crippen LogP) is 2.03. The highest BCUT2D eigenvalue weighted by atomic mass is 32.2. The lowest BCUT2D eigenvalue weighted by molar-refractivity contribution is -0.128. The number of carbonyl (C=O) groups excluding carboxylic acids is 2. The number of Topliss-reactive ketones (excluding diaryl/α,β-unsaturated/α-hetero) is 1. The van der Waals surface area contributed by atoms with Gasteiger partial charge in [-0.05, 0) is 42.2 Å². The van der Waals surface area contributed by atoms with E-state index in [-0.39, 0.29) is 30.4 Å². The van der Waals surface area contributed by atoms with Gasteiger partial charge in [0.1, 0.15) is 18.4 Å². The largest absolute Gasteiger partial charge is 0.361 e. The number of H-pyrrole nitrogens is 1. The second kappa shape index (κ2) is 8.01. The van der Waals surface area contributed by atoms with E-state index in [2.05, 4.69) is 15.0 Å². The molecule has 1 amide bonds. The van der Waals surface area contributed by atoms with E-state index in [0.29, 0.717) is 12.8 Å². The minimum atomic E-state index is -3.96. The van der Waals surface area contributed by atoms with Gasteiger partial charge in [0.2, 0.25) is 15.9 Å². The van der Waals surface area contributed by atoms with Crippen LogP contribution in [-0.2, 0) is 26.0 Å². The van der Waals surface area contributed by atoms with Gasteiger partial charge in [-0.25, -0.2) is 13.1 Å². The molecule has 2 aromatic rings. The van der Waals surface area contributed by atoms with Crippen LogP contribution in [0.15, 0.2) is 30.5 Å². The van der Waals surface area contributed by atoms with E-state index in [4.69, 9.17) is 5.26 Å². The number of ketones is 1. The molecule has 4 rings (SSSR count). The van der Waals surface area contributed by atoms with Crippen molar-refractivity contribution in [1.82, 2.24) is 15.0 Å². The Morgan fingerprint density at radius 2 is 2.09 bits per heavy atom. The molecule has 2 bridgehead atoms. The summed E-state index contributed by atoms with van der Waals surface area (Å²) in [5.41, 5.74) is 0.360. The molecule has 1 heterocycles. The first-order valence-corrected chi connectivity index (χ1v) is 12.5. The maximum Gasteiger partial charge on any atom is 0.239 e. The van der Waals surface area contributed by atoms with Crippen LogP contribution in [0.2, 0.25) is 0 Å². The molecule has 0 aliphatic heterocycles. The molecule has 2 aliphatic carbocycles. The number of nitrogens with zero attached hydrogens (tertiary/aromatic N) is 1. The van der Waals surface area contributed by atoms with Gasteiger partial charge in [-0.15, -0.1) is 0 Å². The first-order valence-electron chi connectivity index (χ1n) is 10.8. The minimum Gasteiger partial charge on any atom is -0.361 e. The van der Waals surface area contributed by atoms with E-state index >= 15 is 0 Å². The van der Waals surface area contributed by atoms with Crippen molar-refractivity contribution in [3.8, 4) is 6.07 Å². The fourth-order valence-electron chi connectivity index (χ4n) is 5.65. The quantitative estimate of drug-likeness (QED) is 0.523. The normalized spacial score (nSPS) is 25.0. The Bertz CT molecular complexity index is 1210. The highest BCUT2D eigenvalue weighted by molar-refractivity contribution is 7.89. The average Bonchev–Trinajstić information content (AvgIpc) is 3.30. The van der Waals surface area contributed by atoms with E-state index in [9.17, 15) is 18.0 Å². The van der Waals surface area contributed by atoms with E-state index in [1.54, 1.807) is 6.20 Å². The van der Waals surface area contributed by atoms with Crippen LogP contribution in [0.4, 0.5) is 0 Å². The summed E-state index contributed by atoms with van der Waals surface area (Å²) in [6.07, 6.45) is 3.69. The topological polar surface area (TPSA) is 132 Å². The molecule has 2 fully saturated rings. The maximum atomic E-state index is 13.3. The fourth-order valence-corrected chi connectivity index (χ4v) is 7.68. The number of nitrogens with one attached hydrogen (secondary N) is 3. The Labute approximate surface area is 187 Å². The van der Waals surface area contributed by atoms with Gasteiger partial charge in [0.25, 0.3) is 0 Å².